The fourth-order valence-electron chi connectivity index (χ4n) is 5.43. The third-order valence-electron chi connectivity index (χ3n) is 7.51. The lowest BCUT2D eigenvalue weighted by atomic mass is 9.64. The number of carbonyl (C=O) groups excluding carboxylic acids is 1. The van der Waals surface area contributed by atoms with E-state index in [-0.39, 0.29) is 25.0 Å². The minimum absolute atomic E-state index is 0.00436. The molecule has 11 nitrogen and oxygen atoms in total. The molecule has 2 fully saturated rings. The lowest BCUT2D eigenvalue weighted by molar-refractivity contribution is -0.256. The number of imidazole rings is 1. The first-order valence-corrected chi connectivity index (χ1v) is 12.9. The number of nitrogen functional groups attached to an aromatic ring is 1. The molecule has 3 heterocycles. The summed E-state index contributed by atoms with van der Waals surface area (Å²) >= 11 is 0. The molecule has 11 heteroatoms. The van der Waals surface area contributed by atoms with Gasteiger partial charge in [-0.05, 0) is 37.5 Å². The minimum atomic E-state index is -1.14. The zero-order valence-electron chi connectivity index (χ0n) is 21.4. The van der Waals surface area contributed by atoms with E-state index < -0.39 is 29.5 Å². The highest BCUT2D eigenvalue weighted by atomic mass is 16.6. The first kappa shape index (κ1) is 25.2. The van der Waals surface area contributed by atoms with E-state index in [4.69, 9.17) is 24.7 Å². The van der Waals surface area contributed by atoms with E-state index >= 15 is 0 Å². The van der Waals surface area contributed by atoms with Crippen molar-refractivity contribution in [3.8, 4) is 5.88 Å². The average Bonchev–Trinajstić information content (AvgIpc) is 3.43. The number of aliphatic hydroxyl groups is 1. The van der Waals surface area contributed by atoms with Gasteiger partial charge in [0.1, 0.15) is 23.9 Å². The maximum absolute atomic E-state index is 12.8. The third kappa shape index (κ3) is 4.19. The molecule has 39 heavy (non-hydrogen) atoms. The predicted octanol–water partition coefficient (Wildman–Crippen LogP) is 3.04. The number of nitrogens with two attached hydrogens (primary N) is 1. The smallest absolute Gasteiger partial charge is 0.338 e. The summed E-state index contributed by atoms with van der Waals surface area (Å²) in [5.74, 6) is -0.231. The number of carbonyl (C=O) groups is 1. The molecule has 2 aliphatic rings. The number of ether oxygens (including phenoxy) is 4. The van der Waals surface area contributed by atoms with Crippen LogP contribution < -0.4 is 10.5 Å². The van der Waals surface area contributed by atoms with Crippen LogP contribution in [0.1, 0.15) is 41.9 Å². The predicted molar refractivity (Wildman–Crippen MR) is 140 cm³/mol. The van der Waals surface area contributed by atoms with Gasteiger partial charge in [0.15, 0.2) is 17.4 Å². The van der Waals surface area contributed by atoms with Gasteiger partial charge < -0.3 is 29.8 Å². The Hall–Kier alpha value is -4.06. The fourth-order valence-corrected chi connectivity index (χ4v) is 5.43. The number of rotatable bonds is 9. The van der Waals surface area contributed by atoms with E-state index in [0.717, 1.165) is 5.56 Å². The summed E-state index contributed by atoms with van der Waals surface area (Å²) in [4.78, 5) is 25.7. The Morgan fingerprint density at radius 1 is 1.13 bits per heavy atom. The summed E-state index contributed by atoms with van der Waals surface area (Å²) in [5.41, 5.74) is 5.85. The van der Waals surface area contributed by atoms with Crippen molar-refractivity contribution in [2.75, 3.05) is 18.9 Å². The summed E-state index contributed by atoms with van der Waals surface area (Å²) in [7, 11) is 0. The summed E-state index contributed by atoms with van der Waals surface area (Å²) in [6.07, 6.45) is 0.468. The van der Waals surface area contributed by atoms with Crippen molar-refractivity contribution in [1.82, 2.24) is 19.5 Å². The monoisotopic (exact) mass is 531 g/mol. The zero-order valence-corrected chi connectivity index (χ0v) is 21.4. The van der Waals surface area contributed by atoms with Gasteiger partial charge in [0.25, 0.3) is 0 Å². The van der Waals surface area contributed by atoms with Crippen LogP contribution in [0.3, 0.4) is 0 Å². The number of benzene rings is 2. The Kier molecular flexibility index (Phi) is 6.42. The van der Waals surface area contributed by atoms with Crippen LogP contribution in [0.5, 0.6) is 5.88 Å². The van der Waals surface area contributed by atoms with E-state index in [0.29, 0.717) is 36.2 Å². The normalized spacial score (nSPS) is 25.7. The van der Waals surface area contributed by atoms with Crippen LogP contribution in [0.4, 0.5) is 5.95 Å². The maximum atomic E-state index is 12.8. The second-order valence-corrected chi connectivity index (χ2v) is 9.70. The molecule has 1 saturated carbocycles. The first-order valence-electron chi connectivity index (χ1n) is 12.9. The van der Waals surface area contributed by atoms with Gasteiger partial charge in [-0.15, -0.1) is 0 Å². The van der Waals surface area contributed by atoms with Crippen LogP contribution in [-0.4, -0.2) is 61.1 Å². The van der Waals surface area contributed by atoms with Gasteiger partial charge in [-0.25, -0.2) is 9.78 Å². The molecule has 0 bridgehead atoms. The molecule has 0 amide bonds. The number of aliphatic hydroxyl groups excluding tert-OH is 1. The molecule has 2 aromatic carbocycles. The lowest BCUT2D eigenvalue weighted by Crippen LogP contribution is -2.68. The van der Waals surface area contributed by atoms with E-state index in [1.54, 1.807) is 28.8 Å². The van der Waals surface area contributed by atoms with E-state index in [2.05, 4.69) is 15.0 Å². The van der Waals surface area contributed by atoms with Gasteiger partial charge in [0.2, 0.25) is 11.8 Å². The highest BCUT2D eigenvalue weighted by Crippen LogP contribution is 2.60. The topological polar surface area (TPSA) is 144 Å². The van der Waals surface area contributed by atoms with Crippen molar-refractivity contribution in [3.63, 3.8) is 0 Å². The van der Waals surface area contributed by atoms with Crippen molar-refractivity contribution in [2.45, 2.75) is 49.9 Å². The molecule has 4 aromatic rings. The minimum Gasteiger partial charge on any atom is -0.476 e. The molecule has 6 rings (SSSR count). The molecule has 1 unspecified atom stereocenters. The molecular formula is C28H29N5O6. The second-order valence-electron chi connectivity index (χ2n) is 9.70. The van der Waals surface area contributed by atoms with E-state index in [1.165, 1.54) is 6.33 Å². The Labute approximate surface area is 224 Å². The molecule has 1 saturated heterocycles. The zero-order chi connectivity index (χ0) is 27.0. The molecule has 1 aliphatic heterocycles. The van der Waals surface area contributed by atoms with Crippen LogP contribution in [0, 0.1) is 0 Å². The number of hydrogen-bond acceptors (Lipinski definition) is 10. The largest absolute Gasteiger partial charge is 0.476 e. The molecule has 4 atom stereocenters. The van der Waals surface area contributed by atoms with Crippen molar-refractivity contribution in [2.24, 2.45) is 0 Å². The number of esters is 1. The Morgan fingerprint density at radius 2 is 1.87 bits per heavy atom. The summed E-state index contributed by atoms with van der Waals surface area (Å²) in [5, 5.41) is 11.8. The standard InChI is InChI=1S/C28H29N5O6/c1-2-36-23-20-22(31-26(29)32-23)33(17-30-20)24-21(34)28(38-15-18-9-5-3-6-10-18)14-13-27(28,39-24)16-37-25(35)19-11-7-4-8-12-19/h3-12,17,21,24,34H,2,13-16H2,1H3,(H2,29,31,32)/t21-,24+,27+,28?/m0/s1. The molecule has 0 spiro atoms. The van der Waals surface area contributed by atoms with Gasteiger partial charge >= 0.3 is 5.97 Å². The summed E-state index contributed by atoms with van der Waals surface area (Å²) < 4.78 is 26.0. The van der Waals surface area contributed by atoms with Crippen molar-refractivity contribution < 1.29 is 28.8 Å². The second kappa shape index (κ2) is 9.92. The molecule has 2 aromatic heterocycles. The van der Waals surface area contributed by atoms with Crippen LogP contribution in [0.15, 0.2) is 67.0 Å². The quantitative estimate of drug-likeness (QED) is 0.309. The number of fused-ring (bicyclic) bond motifs is 2. The average molecular weight is 532 g/mol. The number of aromatic nitrogens is 4. The Balaban J connectivity index is 1.34. The fraction of sp³-hybridized carbons (Fsp3) is 0.357. The van der Waals surface area contributed by atoms with Crippen LogP contribution in [0.25, 0.3) is 11.2 Å². The molecule has 0 radical (unpaired) electrons. The van der Waals surface area contributed by atoms with Crippen LogP contribution in [0.2, 0.25) is 0 Å². The van der Waals surface area contributed by atoms with E-state index in [9.17, 15) is 9.90 Å². The van der Waals surface area contributed by atoms with Gasteiger partial charge in [-0.1, -0.05) is 48.5 Å². The van der Waals surface area contributed by atoms with Crippen LogP contribution in [-0.2, 0) is 20.8 Å². The highest BCUT2D eigenvalue weighted by Gasteiger charge is 2.73. The Bertz CT molecular complexity index is 1480. The van der Waals surface area contributed by atoms with Gasteiger partial charge in [-0.2, -0.15) is 9.97 Å². The van der Waals surface area contributed by atoms with Crippen molar-refractivity contribution in [1.29, 1.82) is 0 Å². The Morgan fingerprint density at radius 3 is 2.56 bits per heavy atom. The maximum Gasteiger partial charge on any atom is 0.338 e. The summed E-state index contributed by atoms with van der Waals surface area (Å²) in [6, 6.07) is 18.4. The number of nitrogens with zero attached hydrogens (tertiary/aromatic N) is 4. The molecule has 202 valence electrons. The lowest BCUT2D eigenvalue weighted by Gasteiger charge is -2.53. The van der Waals surface area contributed by atoms with Crippen LogP contribution >= 0.6 is 0 Å². The van der Waals surface area contributed by atoms with Gasteiger partial charge in [0, 0.05) is 0 Å². The number of anilines is 1. The van der Waals surface area contributed by atoms with Gasteiger partial charge in [-0.3, -0.25) is 4.57 Å². The molecular weight excluding hydrogens is 502 g/mol. The summed E-state index contributed by atoms with van der Waals surface area (Å²) in [6.45, 7) is 2.35. The molecule has 3 N–H and O–H groups in total. The first-order chi connectivity index (χ1) is 19.0. The highest BCUT2D eigenvalue weighted by molar-refractivity contribution is 5.89. The van der Waals surface area contributed by atoms with E-state index in [1.807, 2.05) is 43.3 Å². The van der Waals surface area contributed by atoms with Crippen molar-refractivity contribution in [3.05, 3.63) is 78.1 Å². The third-order valence-corrected chi connectivity index (χ3v) is 7.51. The number of hydrogen-bond donors (Lipinski definition) is 2. The molecule has 1 aliphatic carbocycles. The van der Waals surface area contributed by atoms with Gasteiger partial charge in [0.05, 0.1) is 25.1 Å². The van der Waals surface area contributed by atoms with Crippen molar-refractivity contribution >= 4 is 23.1 Å². The SMILES string of the molecule is CCOc1nc(N)nc2c1ncn2[C@@H]1O[C@@]2(COC(=O)c3ccccc3)CCC2(OCc2ccccc2)[C@H]1O.